The number of halogens is 2. The molecular formula is C31H28Cl2Zr-2. The molecule has 0 saturated carbocycles. The van der Waals surface area contributed by atoms with Crippen molar-refractivity contribution < 1.29 is 49.0 Å². The summed E-state index contributed by atoms with van der Waals surface area (Å²) in [6, 6.07) is 34.9. The first kappa shape index (κ1) is 28.2. The van der Waals surface area contributed by atoms with Crippen LogP contribution in [-0.2, 0) is 24.2 Å². The van der Waals surface area contributed by atoms with Gasteiger partial charge in [-0.2, -0.15) is 12.1 Å². The van der Waals surface area contributed by atoms with Gasteiger partial charge >= 0.3 is 41.3 Å². The van der Waals surface area contributed by atoms with Crippen molar-refractivity contribution >= 4 is 46.3 Å². The molecule has 0 N–H and O–H groups in total. The molecule has 34 heavy (non-hydrogen) atoms. The van der Waals surface area contributed by atoms with Crippen molar-refractivity contribution in [1.29, 1.82) is 0 Å². The SMILES string of the molecule is C[C](C)=[Zr+2].Cc1cc2c(ccc3ccccc32)[cH-]1.Cc1cc2c(ccc3ccccc32)[cH-]1.[Cl-].[Cl-]. The summed E-state index contributed by atoms with van der Waals surface area (Å²) in [5, 5.41) is 10.8. The largest absolute Gasteiger partial charge is 1.00 e. The van der Waals surface area contributed by atoms with E-state index in [1.165, 1.54) is 57.4 Å². The Labute approximate surface area is 229 Å². The summed E-state index contributed by atoms with van der Waals surface area (Å²) in [5.41, 5.74) is 2.69. The predicted octanol–water partition coefficient (Wildman–Crippen LogP) is 2.79. The van der Waals surface area contributed by atoms with Crippen molar-refractivity contribution in [2.45, 2.75) is 27.7 Å². The number of aryl methyl sites for hydroxylation is 2. The summed E-state index contributed by atoms with van der Waals surface area (Å²) >= 11 is 1.55. The topological polar surface area (TPSA) is 0 Å². The molecule has 0 spiro atoms. The molecule has 0 aliphatic carbocycles. The number of hydrogen-bond donors (Lipinski definition) is 0. The van der Waals surface area contributed by atoms with Gasteiger partial charge in [0.25, 0.3) is 0 Å². The summed E-state index contributed by atoms with van der Waals surface area (Å²) < 4.78 is 1.51. The Hall–Kier alpha value is -2.05. The Kier molecular flexibility index (Phi) is 10.4. The molecule has 0 saturated heterocycles. The van der Waals surface area contributed by atoms with Crippen LogP contribution in [0.25, 0.3) is 43.1 Å². The fraction of sp³-hybridized carbons (Fsp3) is 0.129. The maximum Gasteiger partial charge on any atom is -0.0370 e. The van der Waals surface area contributed by atoms with Crippen LogP contribution in [0.1, 0.15) is 25.0 Å². The van der Waals surface area contributed by atoms with Gasteiger partial charge in [-0.15, -0.1) is 56.9 Å². The number of rotatable bonds is 0. The normalized spacial score (nSPS) is 10.1. The van der Waals surface area contributed by atoms with Crippen molar-refractivity contribution in [1.82, 2.24) is 0 Å². The third-order valence-corrected chi connectivity index (χ3v) is 5.52. The molecule has 6 aromatic carbocycles. The van der Waals surface area contributed by atoms with Crippen LogP contribution in [0.3, 0.4) is 0 Å². The molecule has 0 aromatic heterocycles. The van der Waals surface area contributed by atoms with Gasteiger partial charge in [0.15, 0.2) is 0 Å². The second kappa shape index (κ2) is 12.6. The quantitative estimate of drug-likeness (QED) is 0.250. The van der Waals surface area contributed by atoms with Crippen molar-refractivity contribution in [2.75, 3.05) is 0 Å². The Bertz CT molecular complexity index is 1420. The maximum atomic E-state index is 2.26. The number of fused-ring (bicyclic) bond motifs is 6. The Balaban J connectivity index is 0.000000198. The Morgan fingerprint density at radius 3 is 1.29 bits per heavy atom. The van der Waals surface area contributed by atoms with E-state index in [2.05, 4.69) is 125 Å². The zero-order valence-electron chi connectivity index (χ0n) is 20.0. The molecule has 0 fully saturated rings. The van der Waals surface area contributed by atoms with E-state index in [-0.39, 0.29) is 24.8 Å². The van der Waals surface area contributed by atoms with Gasteiger partial charge < -0.3 is 24.8 Å². The van der Waals surface area contributed by atoms with Gasteiger partial charge in [-0.3, -0.25) is 0 Å². The van der Waals surface area contributed by atoms with E-state index in [1.807, 2.05) is 0 Å². The molecule has 172 valence electrons. The fourth-order valence-electron chi connectivity index (χ4n) is 4.23. The summed E-state index contributed by atoms with van der Waals surface area (Å²) in [4.78, 5) is 0. The minimum absolute atomic E-state index is 0. The van der Waals surface area contributed by atoms with Gasteiger partial charge in [0.1, 0.15) is 0 Å². The fourth-order valence-corrected chi connectivity index (χ4v) is 4.23. The molecule has 6 rings (SSSR count). The van der Waals surface area contributed by atoms with E-state index >= 15 is 0 Å². The van der Waals surface area contributed by atoms with Gasteiger partial charge in [-0.1, -0.05) is 85.3 Å². The van der Waals surface area contributed by atoms with Crippen molar-refractivity contribution in [2.24, 2.45) is 0 Å². The summed E-state index contributed by atoms with van der Waals surface area (Å²) in [5.74, 6) is 0. The number of benzene rings is 4. The third-order valence-electron chi connectivity index (χ3n) is 5.52. The first-order chi connectivity index (χ1) is 15.4. The van der Waals surface area contributed by atoms with Crippen molar-refractivity contribution in [3.8, 4) is 0 Å². The zero-order valence-corrected chi connectivity index (χ0v) is 24.0. The van der Waals surface area contributed by atoms with Gasteiger partial charge in [0.2, 0.25) is 0 Å². The standard InChI is InChI=1S/2C14H11.C3H6.2ClH.Zr/c2*1-10-8-12-7-6-11-4-2-3-5-13(11)14(12)9-10;1-3-2;;;/h2*2-9H,1H3;1-2H3;2*1H;/q2*-1;;;;+2/p-2. The molecule has 0 aliphatic rings. The van der Waals surface area contributed by atoms with E-state index in [0.717, 1.165) is 0 Å². The first-order valence-corrected chi connectivity index (χ1v) is 12.3. The average molecular weight is 563 g/mol. The van der Waals surface area contributed by atoms with Crippen molar-refractivity contribution in [3.63, 3.8) is 0 Å². The molecule has 6 aromatic rings. The molecular weight excluding hydrogens is 534 g/mol. The van der Waals surface area contributed by atoms with Crippen LogP contribution in [0.2, 0.25) is 0 Å². The second-order valence-corrected chi connectivity index (χ2v) is 11.1. The van der Waals surface area contributed by atoms with Crippen LogP contribution in [0.15, 0.2) is 97.1 Å². The van der Waals surface area contributed by atoms with E-state index < -0.39 is 0 Å². The summed E-state index contributed by atoms with van der Waals surface area (Å²) in [6.45, 7) is 8.54. The van der Waals surface area contributed by atoms with Gasteiger partial charge in [0.05, 0.1) is 0 Å². The van der Waals surface area contributed by atoms with E-state index in [4.69, 9.17) is 0 Å². The molecule has 0 unspecified atom stereocenters. The monoisotopic (exact) mass is 560 g/mol. The minimum Gasteiger partial charge on any atom is -1.00 e. The summed E-state index contributed by atoms with van der Waals surface area (Å²) in [7, 11) is 0. The molecule has 0 nitrogen and oxygen atoms in total. The van der Waals surface area contributed by atoms with Crippen LogP contribution in [0, 0.1) is 13.8 Å². The molecule has 0 amide bonds. The van der Waals surface area contributed by atoms with E-state index in [9.17, 15) is 0 Å². The third kappa shape index (κ3) is 6.54. The molecule has 0 radical (unpaired) electrons. The molecule has 0 atom stereocenters. The van der Waals surface area contributed by atoms with Crippen molar-refractivity contribution in [3.05, 3.63) is 108 Å². The maximum absolute atomic E-state index is 2.26. The van der Waals surface area contributed by atoms with Crippen LogP contribution >= 0.6 is 0 Å². The molecule has 0 heterocycles. The molecule has 0 aliphatic heterocycles. The average Bonchev–Trinajstić information content (AvgIpc) is 3.35. The smallest absolute Gasteiger partial charge is 0.0370 e. The molecule has 3 heteroatoms. The van der Waals surface area contributed by atoms with E-state index in [1.54, 1.807) is 24.2 Å². The van der Waals surface area contributed by atoms with Gasteiger partial charge in [-0.05, 0) is 10.8 Å². The minimum atomic E-state index is 0. The van der Waals surface area contributed by atoms with Crippen LogP contribution in [-0.4, -0.2) is 3.21 Å². The van der Waals surface area contributed by atoms with Gasteiger partial charge in [-0.25, -0.2) is 0 Å². The zero-order chi connectivity index (χ0) is 22.7. The second-order valence-electron chi connectivity index (χ2n) is 8.64. The van der Waals surface area contributed by atoms with E-state index in [0.29, 0.717) is 0 Å². The Morgan fingerprint density at radius 2 is 0.912 bits per heavy atom. The Morgan fingerprint density at radius 1 is 0.559 bits per heavy atom. The van der Waals surface area contributed by atoms with Gasteiger partial charge in [0, 0.05) is 0 Å². The van der Waals surface area contributed by atoms with Crippen LogP contribution in [0.5, 0.6) is 0 Å². The number of hydrogen-bond acceptors (Lipinski definition) is 0. The predicted molar refractivity (Wildman–Crippen MR) is 140 cm³/mol. The first-order valence-electron chi connectivity index (χ1n) is 11.0. The van der Waals surface area contributed by atoms with Crippen LogP contribution in [0.4, 0.5) is 0 Å². The summed E-state index contributed by atoms with van der Waals surface area (Å²) in [6.07, 6.45) is 0. The molecule has 0 bridgehead atoms. The van der Waals surface area contributed by atoms with Crippen LogP contribution < -0.4 is 24.8 Å².